The Hall–Kier alpha value is -2.27. The van der Waals surface area contributed by atoms with Crippen molar-refractivity contribution in [1.29, 1.82) is 0 Å². The molecule has 4 nitrogen and oxygen atoms in total. The maximum atomic E-state index is 11.2. The summed E-state index contributed by atoms with van der Waals surface area (Å²) in [5.74, 6) is 0.591. The first kappa shape index (κ1) is 12.7. The number of para-hydroxylation sites is 2. The number of oxazole rings is 1. The van der Waals surface area contributed by atoms with E-state index in [1.54, 1.807) is 0 Å². The molecule has 0 aliphatic heterocycles. The Morgan fingerprint density at radius 1 is 1.15 bits per heavy atom. The molecule has 1 amide bonds. The van der Waals surface area contributed by atoms with Crippen molar-refractivity contribution in [2.24, 2.45) is 0 Å². The number of benzene rings is 2. The first-order valence-electron chi connectivity index (χ1n) is 6.13. The minimum Gasteiger partial charge on any atom is -0.436 e. The number of aromatic nitrogens is 1. The summed E-state index contributed by atoms with van der Waals surface area (Å²) in [4.78, 5) is 15.7. The van der Waals surface area contributed by atoms with Gasteiger partial charge in [0.15, 0.2) is 5.58 Å². The summed E-state index contributed by atoms with van der Waals surface area (Å²) in [6.45, 7) is 0. The fourth-order valence-electron chi connectivity index (χ4n) is 1.89. The molecule has 0 saturated carbocycles. The molecule has 0 atom stereocenters. The lowest BCUT2D eigenvalue weighted by atomic mass is 10.2. The molecule has 3 aromatic rings. The molecule has 0 fully saturated rings. The molecule has 2 aromatic carbocycles. The van der Waals surface area contributed by atoms with Crippen LogP contribution in [0.5, 0.6) is 0 Å². The predicted octanol–water partition coefficient (Wildman–Crippen LogP) is 3.36. The van der Waals surface area contributed by atoms with E-state index >= 15 is 0 Å². The van der Waals surface area contributed by atoms with Gasteiger partial charge in [0, 0.05) is 11.3 Å². The predicted molar refractivity (Wildman–Crippen MR) is 81.9 cm³/mol. The van der Waals surface area contributed by atoms with E-state index in [9.17, 15) is 4.79 Å². The summed E-state index contributed by atoms with van der Waals surface area (Å²) in [6, 6.07) is 15.0. The highest BCUT2D eigenvalue weighted by atomic mass is 32.1. The zero-order valence-electron chi connectivity index (χ0n) is 10.5. The SMILES string of the molecule is O=C(CS)Nc1ccc(-c2nc3ccccc3o2)cc1. The summed E-state index contributed by atoms with van der Waals surface area (Å²) in [6.07, 6.45) is 0. The Kier molecular flexibility index (Phi) is 3.43. The average molecular weight is 284 g/mol. The molecular weight excluding hydrogens is 272 g/mol. The lowest BCUT2D eigenvalue weighted by Gasteiger charge is -2.03. The molecule has 0 unspecified atom stereocenters. The van der Waals surface area contributed by atoms with Crippen molar-refractivity contribution in [3.05, 3.63) is 48.5 Å². The molecule has 3 rings (SSSR count). The summed E-state index contributed by atoms with van der Waals surface area (Å²) in [7, 11) is 0. The third kappa shape index (κ3) is 2.53. The molecule has 0 bridgehead atoms. The fraction of sp³-hybridized carbons (Fsp3) is 0.0667. The van der Waals surface area contributed by atoms with E-state index in [0.29, 0.717) is 5.89 Å². The third-order valence-corrected chi connectivity index (χ3v) is 3.14. The number of hydrogen-bond acceptors (Lipinski definition) is 4. The normalized spacial score (nSPS) is 10.7. The van der Waals surface area contributed by atoms with Crippen LogP contribution >= 0.6 is 12.6 Å². The highest BCUT2D eigenvalue weighted by Crippen LogP contribution is 2.25. The van der Waals surface area contributed by atoms with Crippen LogP contribution in [0.25, 0.3) is 22.6 Å². The van der Waals surface area contributed by atoms with E-state index in [2.05, 4.69) is 22.9 Å². The topological polar surface area (TPSA) is 55.1 Å². The molecule has 0 aliphatic carbocycles. The van der Waals surface area contributed by atoms with Gasteiger partial charge in [-0.1, -0.05) is 12.1 Å². The second-order valence-corrected chi connectivity index (χ2v) is 4.59. The number of nitrogens with zero attached hydrogens (tertiary/aromatic N) is 1. The first-order valence-corrected chi connectivity index (χ1v) is 6.76. The molecule has 0 spiro atoms. The van der Waals surface area contributed by atoms with Crippen molar-refractivity contribution in [3.8, 4) is 11.5 Å². The van der Waals surface area contributed by atoms with Crippen LogP contribution in [-0.4, -0.2) is 16.6 Å². The monoisotopic (exact) mass is 284 g/mol. The van der Waals surface area contributed by atoms with E-state index in [1.165, 1.54) is 0 Å². The van der Waals surface area contributed by atoms with Gasteiger partial charge in [0.25, 0.3) is 0 Å². The fourth-order valence-corrected chi connectivity index (χ4v) is 1.97. The van der Waals surface area contributed by atoms with E-state index in [-0.39, 0.29) is 11.7 Å². The molecule has 20 heavy (non-hydrogen) atoms. The number of amides is 1. The Morgan fingerprint density at radius 2 is 1.90 bits per heavy atom. The van der Waals surface area contributed by atoms with E-state index in [1.807, 2.05) is 48.5 Å². The Balaban J connectivity index is 1.88. The summed E-state index contributed by atoms with van der Waals surface area (Å²) >= 11 is 3.91. The average Bonchev–Trinajstić information content (AvgIpc) is 2.91. The zero-order valence-corrected chi connectivity index (χ0v) is 11.4. The van der Waals surface area contributed by atoms with Gasteiger partial charge in [-0.25, -0.2) is 4.98 Å². The number of carbonyl (C=O) groups excluding carboxylic acids is 1. The van der Waals surface area contributed by atoms with Crippen molar-refractivity contribution in [2.75, 3.05) is 11.1 Å². The van der Waals surface area contributed by atoms with Crippen LogP contribution in [0.1, 0.15) is 0 Å². The number of carbonyl (C=O) groups is 1. The van der Waals surface area contributed by atoms with Gasteiger partial charge in [-0.05, 0) is 36.4 Å². The van der Waals surface area contributed by atoms with Gasteiger partial charge in [0.05, 0.1) is 5.75 Å². The highest BCUT2D eigenvalue weighted by molar-refractivity contribution is 7.81. The molecule has 1 N–H and O–H groups in total. The van der Waals surface area contributed by atoms with E-state index in [0.717, 1.165) is 22.4 Å². The van der Waals surface area contributed by atoms with Crippen molar-refractivity contribution in [3.63, 3.8) is 0 Å². The number of fused-ring (bicyclic) bond motifs is 1. The van der Waals surface area contributed by atoms with Gasteiger partial charge in [0.1, 0.15) is 5.52 Å². The van der Waals surface area contributed by atoms with Crippen LogP contribution in [-0.2, 0) is 4.79 Å². The van der Waals surface area contributed by atoms with Crippen molar-refractivity contribution in [1.82, 2.24) is 4.98 Å². The number of nitrogens with one attached hydrogen (secondary N) is 1. The van der Waals surface area contributed by atoms with Crippen LogP contribution < -0.4 is 5.32 Å². The Bertz CT molecular complexity index is 717. The lowest BCUT2D eigenvalue weighted by molar-refractivity contribution is -0.113. The number of anilines is 1. The van der Waals surface area contributed by atoms with Gasteiger partial charge in [-0.2, -0.15) is 12.6 Å². The van der Waals surface area contributed by atoms with Gasteiger partial charge in [-0.15, -0.1) is 0 Å². The van der Waals surface area contributed by atoms with Gasteiger partial charge < -0.3 is 9.73 Å². The second-order valence-electron chi connectivity index (χ2n) is 4.27. The molecule has 1 heterocycles. The summed E-state index contributed by atoms with van der Waals surface area (Å²) in [5, 5.41) is 2.73. The van der Waals surface area contributed by atoms with Crippen molar-refractivity contribution < 1.29 is 9.21 Å². The number of rotatable bonds is 3. The molecule has 0 radical (unpaired) electrons. The Labute approximate surface area is 121 Å². The second kappa shape index (κ2) is 5.38. The first-order chi connectivity index (χ1) is 9.76. The van der Waals surface area contributed by atoms with Crippen molar-refractivity contribution in [2.45, 2.75) is 0 Å². The zero-order chi connectivity index (χ0) is 13.9. The van der Waals surface area contributed by atoms with Crippen LogP contribution in [0.2, 0.25) is 0 Å². The summed E-state index contributed by atoms with van der Waals surface area (Å²) < 4.78 is 5.69. The molecule has 0 aliphatic rings. The van der Waals surface area contributed by atoms with Gasteiger partial charge >= 0.3 is 0 Å². The van der Waals surface area contributed by atoms with E-state index in [4.69, 9.17) is 4.42 Å². The maximum Gasteiger partial charge on any atom is 0.234 e. The molecule has 1 aromatic heterocycles. The van der Waals surface area contributed by atoms with Crippen molar-refractivity contribution >= 4 is 35.3 Å². The standard InChI is InChI=1S/C15H12N2O2S/c18-14(9-20)16-11-7-5-10(6-8-11)15-17-12-3-1-2-4-13(12)19-15/h1-8,20H,9H2,(H,16,18). The quantitative estimate of drug-likeness (QED) is 0.725. The lowest BCUT2D eigenvalue weighted by Crippen LogP contribution is -2.12. The smallest absolute Gasteiger partial charge is 0.234 e. The van der Waals surface area contributed by atoms with E-state index < -0.39 is 0 Å². The minimum absolute atomic E-state index is 0.136. The summed E-state index contributed by atoms with van der Waals surface area (Å²) in [5.41, 5.74) is 3.18. The van der Waals surface area contributed by atoms with Gasteiger partial charge in [-0.3, -0.25) is 4.79 Å². The Morgan fingerprint density at radius 3 is 2.60 bits per heavy atom. The van der Waals surface area contributed by atoms with Crippen LogP contribution in [0.4, 0.5) is 5.69 Å². The molecule has 5 heteroatoms. The largest absolute Gasteiger partial charge is 0.436 e. The van der Waals surface area contributed by atoms with Gasteiger partial charge in [0.2, 0.25) is 11.8 Å². The number of thiol groups is 1. The van der Waals surface area contributed by atoms with Crippen LogP contribution in [0.3, 0.4) is 0 Å². The minimum atomic E-state index is -0.136. The molecule has 100 valence electrons. The molecular formula is C15H12N2O2S. The number of hydrogen-bond donors (Lipinski definition) is 2. The molecule has 0 saturated heterocycles. The highest BCUT2D eigenvalue weighted by Gasteiger charge is 2.07. The van der Waals surface area contributed by atoms with Crippen LogP contribution in [0.15, 0.2) is 52.9 Å². The third-order valence-electron chi connectivity index (χ3n) is 2.85. The van der Waals surface area contributed by atoms with Crippen LogP contribution in [0, 0.1) is 0 Å². The maximum absolute atomic E-state index is 11.2.